The summed E-state index contributed by atoms with van der Waals surface area (Å²) in [4.78, 5) is 24.3. The minimum atomic E-state index is -3.44. The Morgan fingerprint density at radius 2 is 1.58 bits per heavy atom. The molecule has 166 valence electrons. The lowest BCUT2D eigenvalue weighted by Crippen LogP contribution is -2.35. The summed E-state index contributed by atoms with van der Waals surface area (Å²) in [5.74, 6) is -0.290. The second-order valence-electron chi connectivity index (χ2n) is 7.59. The van der Waals surface area contributed by atoms with Gasteiger partial charge in [-0.05, 0) is 68.1 Å². The average Bonchev–Trinajstić information content (AvgIpc) is 2.79. The molecule has 2 aromatic rings. The van der Waals surface area contributed by atoms with Crippen LogP contribution in [0.5, 0.6) is 0 Å². The van der Waals surface area contributed by atoms with E-state index in [2.05, 4.69) is 10.6 Å². The summed E-state index contributed by atoms with van der Waals surface area (Å²) in [6, 6.07) is 13.5. The van der Waals surface area contributed by atoms with Crippen LogP contribution in [0.15, 0.2) is 53.4 Å². The van der Waals surface area contributed by atoms with Gasteiger partial charge in [-0.1, -0.05) is 18.6 Å². The maximum absolute atomic E-state index is 12.7. The highest BCUT2D eigenvalue weighted by Gasteiger charge is 2.25. The Balaban J connectivity index is 1.52. The van der Waals surface area contributed by atoms with Gasteiger partial charge in [0.15, 0.2) is 0 Å². The van der Waals surface area contributed by atoms with Crippen molar-refractivity contribution in [2.24, 2.45) is 0 Å². The number of aryl methyl sites for hydroxylation is 1. The first-order chi connectivity index (χ1) is 14.9. The molecule has 0 bridgehead atoms. The molecule has 1 aliphatic heterocycles. The van der Waals surface area contributed by atoms with Crippen LogP contribution in [0.2, 0.25) is 0 Å². The molecule has 0 radical (unpaired) electrons. The van der Waals surface area contributed by atoms with Crippen molar-refractivity contribution < 1.29 is 18.0 Å². The molecule has 1 fully saturated rings. The Bertz CT molecular complexity index is 996. The molecule has 3 rings (SSSR count). The van der Waals surface area contributed by atoms with E-state index in [1.165, 1.54) is 0 Å². The van der Waals surface area contributed by atoms with Crippen molar-refractivity contribution in [2.45, 2.75) is 43.9 Å². The Morgan fingerprint density at radius 3 is 2.19 bits per heavy atom. The van der Waals surface area contributed by atoms with E-state index < -0.39 is 10.0 Å². The highest BCUT2D eigenvalue weighted by atomic mass is 32.2. The van der Waals surface area contributed by atoms with Gasteiger partial charge in [-0.3, -0.25) is 9.59 Å². The molecular formula is C23H29N3O4S. The topological polar surface area (TPSA) is 95.6 Å². The number of nitrogens with zero attached hydrogens (tertiary/aromatic N) is 1. The molecule has 1 aliphatic rings. The number of carbonyl (C=O) groups is 2. The fourth-order valence-corrected chi connectivity index (χ4v) is 5.05. The molecule has 0 unspecified atom stereocenters. The Labute approximate surface area is 183 Å². The summed E-state index contributed by atoms with van der Waals surface area (Å²) in [6.45, 7) is 3.57. The van der Waals surface area contributed by atoms with Crippen LogP contribution in [-0.4, -0.2) is 44.2 Å². The maximum atomic E-state index is 12.7. The summed E-state index contributed by atoms with van der Waals surface area (Å²) in [7, 11) is -3.44. The van der Waals surface area contributed by atoms with E-state index in [0.717, 1.165) is 24.8 Å². The molecule has 0 saturated carbocycles. The van der Waals surface area contributed by atoms with Crippen LogP contribution in [0.3, 0.4) is 0 Å². The molecule has 0 atom stereocenters. The minimum absolute atomic E-state index is 0.143. The molecule has 1 heterocycles. The van der Waals surface area contributed by atoms with Crippen molar-refractivity contribution in [3.8, 4) is 0 Å². The van der Waals surface area contributed by atoms with E-state index in [0.29, 0.717) is 42.2 Å². The third-order valence-electron chi connectivity index (χ3n) is 5.29. The SMILES string of the molecule is CCNC(=O)c1ccc(NC(=O)CCc2ccc(S(=O)(=O)N3CCCCC3)cc2)cc1. The zero-order valence-electron chi connectivity index (χ0n) is 17.8. The van der Waals surface area contributed by atoms with Crippen molar-refractivity contribution in [3.63, 3.8) is 0 Å². The Kier molecular flexibility index (Phi) is 7.81. The number of sulfonamides is 1. The number of hydrogen-bond acceptors (Lipinski definition) is 4. The zero-order valence-corrected chi connectivity index (χ0v) is 18.6. The third-order valence-corrected chi connectivity index (χ3v) is 7.20. The van der Waals surface area contributed by atoms with E-state index in [1.807, 2.05) is 6.92 Å². The summed E-state index contributed by atoms with van der Waals surface area (Å²) in [6.07, 6.45) is 3.66. The lowest BCUT2D eigenvalue weighted by atomic mass is 10.1. The van der Waals surface area contributed by atoms with Crippen LogP contribution in [0.25, 0.3) is 0 Å². The second kappa shape index (κ2) is 10.5. The lowest BCUT2D eigenvalue weighted by Gasteiger charge is -2.25. The molecule has 8 heteroatoms. The molecule has 2 amide bonds. The lowest BCUT2D eigenvalue weighted by molar-refractivity contribution is -0.116. The van der Waals surface area contributed by atoms with Crippen LogP contribution in [0.4, 0.5) is 5.69 Å². The Hall–Kier alpha value is -2.71. The van der Waals surface area contributed by atoms with Gasteiger partial charge in [-0.25, -0.2) is 8.42 Å². The molecule has 31 heavy (non-hydrogen) atoms. The van der Waals surface area contributed by atoms with Crippen LogP contribution >= 0.6 is 0 Å². The number of anilines is 1. The van der Waals surface area contributed by atoms with Gasteiger partial charge in [0, 0.05) is 37.3 Å². The zero-order chi connectivity index (χ0) is 22.3. The van der Waals surface area contributed by atoms with Gasteiger partial charge < -0.3 is 10.6 Å². The van der Waals surface area contributed by atoms with Gasteiger partial charge in [0.25, 0.3) is 5.91 Å². The fourth-order valence-electron chi connectivity index (χ4n) is 3.53. The third kappa shape index (κ3) is 6.15. The van der Waals surface area contributed by atoms with Gasteiger partial charge in [0.2, 0.25) is 15.9 Å². The van der Waals surface area contributed by atoms with Crippen LogP contribution < -0.4 is 10.6 Å². The second-order valence-corrected chi connectivity index (χ2v) is 9.53. The summed E-state index contributed by atoms with van der Waals surface area (Å²) in [5, 5.41) is 5.54. The maximum Gasteiger partial charge on any atom is 0.251 e. The molecule has 0 aliphatic carbocycles. The largest absolute Gasteiger partial charge is 0.352 e. The van der Waals surface area contributed by atoms with E-state index >= 15 is 0 Å². The van der Waals surface area contributed by atoms with Crippen LogP contribution in [0.1, 0.15) is 48.5 Å². The number of piperidine rings is 1. The van der Waals surface area contributed by atoms with Crippen molar-refractivity contribution in [1.29, 1.82) is 0 Å². The molecule has 0 aromatic heterocycles. The van der Waals surface area contributed by atoms with E-state index in [9.17, 15) is 18.0 Å². The average molecular weight is 444 g/mol. The number of benzene rings is 2. The number of carbonyl (C=O) groups excluding carboxylic acids is 2. The Morgan fingerprint density at radius 1 is 0.935 bits per heavy atom. The first kappa shape index (κ1) is 23.0. The van der Waals surface area contributed by atoms with Gasteiger partial charge in [0.05, 0.1) is 4.90 Å². The fraction of sp³-hybridized carbons (Fsp3) is 0.391. The molecular weight excluding hydrogens is 414 g/mol. The van der Waals surface area contributed by atoms with Crippen molar-refractivity contribution in [2.75, 3.05) is 25.0 Å². The van der Waals surface area contributed by atoms with Crippen molar-refractivity contribution >= 4 is 27.5 Å². The summed E-state index contributed by atoms with van der Waals surface area (Å²) < 4.78 is 27.0. The van der Waals surface area contributed by atoms with Gasteiger partial charge in [0.1, 0.15) is 0 Å². The van der Waals surface area contributed by atoms with Crippen molar-refractivity contribution in [1.82, 2.24) is 9.62 Å². The standard InChI is InChI=1S/C23H29N3O4S/c1-2-24-23(28)19-9-11-20(12-10-19)25-22(27)15-8-18-6-13-21(14-7-18)31(29,30)26-16-4-3-5-17-26/h6-7,9-14H,2-5,8,15-17H2,1H3,(H,24,28)(H,25,27). The van der Waals surface area contributed by atoms with E-state index in [1.54, 1.807) is 52.8 Å². The van der Waals surface area contributed by atoms with Crippen LogP contribution in [0, 0.1) is 0 Å². The molecule has 1 saturated heterocycles. The van der Waals surface area contributed by atoms with E-state index in [-0.39, 0.29) is 18.2 Å². The monoisotopic (exact) mass is 443 g/mol. The number of rotatable bonds is 8. The quantitative estimate of drug-likeness (QED) is 0.655. The van der Waals surface area contributed by atoms with Crippen molar-refractivity contribution in [3.05, 3.63) is 59.7 Å². The molecule has 2 N–H and O–H groups in total. The number of nitrogens with one attached hydrogen (secondary N) is 2. The van der Waals surface area contributed by atoms with Gasteiger partial charge in [-0.2, -0.15) is 4.31 Å². The normalized spacial score (nSPS) is 14.7. The summed E-state index contributed by atoms with van der Waals surface area (Å²) in [5.41, 5.74) is 2.07. The number of amides is 2. The molecule has 7 nitrogen and oxygen atoms in total. The van der Waals surface area contributed by atoms with E-state index in [4.69, 9.17) is 0 Å². The predicted octanol–water partition coefficient (Wildman–Crippen LogP) is 3.18. The molecule has 0 spiro atoms. The van der Waals surface area contributed by atoms with Gasteiger partial charge >= 0.3 is 0 Å². The minimum Gasteiger partial charge on any atom is -0.352 e. The smallest absolute Gasteiger partial charge is 0.251 e. The predicted molar refractivity (Wildman–Crippen MR) is 120 cm³/mol. The van der Waals surface area contributed by atoms with Gasteiger partial charge in [-0.15, -0.1) is 0 Å². The highest BCUT2D eigenvalue weighted by molar-refractivity contribution is 7.89. The first-order valence-electron chi connectivity index (χ1n) is 10.7. The first-order valence-corrected chi connectivity index (χ1v) is 12.1. The summed E-state index contributed by atoms with van der Waals surface area (Å²) >= 11 is 0. The number of hydrogen-bond donors (Lipinski definition) is 2. The highest BCUT2D eigenvalue weighted by Crippen LogP contribution is 2.21. The molecule has 2 aromatic carbocycles. The van der Waals surface area contributed by atoms with Crippen LogP contribution in [-0.2, 0) is 21.2 Å².